The second-order valence-electron chi connectivity index (χ2n) is 6.46. The third-order valence-electron chi connectivity index (χ3n) is 4.57. The van der Waals surface area contributed by atoms with Gasteiger partial charge < -0.3 is 24.6 Å². The summed E-state index contributed by atoms with van der Waals surface area (Å²) in [6.07, 6.45) is 0.787. The number of hydrogen-bond acceptors (Lipinski definition) is 5. The van der Waals surface area contributed by atoms with E-state index in [0.29, 0.717) is 36.9 Å². The number of benzene rings is 2. The number of carboxylic acids is 1. The molecule has 2 aromatic carbocycles. The van der Waals surface area contributed by atoms with E-state index >= 15 is 0 Å². The van der Waals surface area contributed by atoms with Crippen LogP contribution in [0.5, 0.6) is 17.2 Å². The maximum atomic E-state index is 12.4. The van der Waals surface area contributed by atoms with Crippen molar-refractivity contribution in [2.24, 2.45) is 0 Å². The summed E-state index contributed by atoms with van der Waals surface area (Å²) in [6.45, 7) is 1.55. The molecular weight excluding hydrogens is 350 g/mol. The van der Waals surface area contributed by atoms with E-state index in [1.54, 1.807) is 36.4 Å². The minimum Gasteiger partial charge on any atom is -0.493 e. The zero-order valence-corrected chi connectivity index (χ0v) is 14.6. The van der Waals surface area contributed by atoms with E-state index in [2.05, 4.69) is 5.32 Å². The van der Waals surface area contributed by atoms with Crippen molar-refractivity contribution >= 4 is 11.9 Å². The van der Waals surface area contributed by atoms with Gasteiger partial charge in [-0.15, -0.1) is 0 Å². The molecule has 27 heavy (non-hydrogen) atoms. The maximum Gasteiger partial charge on any atom is 0.330 e. The first-order valence-electron chi connectivity index (χ1n) is 8.76. The highest BCUT2D eigenvalue weighted by Crippen LogP contribution is 2.31. The molecule has 0 saturated heterocycles. The first-order chi connectivity index (χ1) is 13.1. The molecule has 4 rings (SSSR count). The Bertz CT molecular complexity index is 894. The maximum absolute atomic E-state index is 12.4. The Morgan fingerprint density at radius 1 is 0.963 bits per heavy atom. The van der Waals surface area contributed by atoms with E-state index in [4.69, 9.17) is 14.2 Å². The summed E-state index contributed by atoms with van der Waals surface area (Å²) in [5.74, 6) is 0.528. The van der Waals surface area contributed by atoms with Crippen molar-refractivity contribution in [3.05, 3.63) is 53.1 Å². The molecule has 2 heterocycles. The van der Waals surface area contributed by atoms with Crippen LogP contribution < -0.4 is 19.5 Å². The first-order valence-corrected chi connectivity index (χ1v) is 8.76. The van der Waals surface area contributed by atoms with Crippen LogP contribution in [0.3, 0.4) is 0 Å². The Hall–Kier alpha value is -3.22. The topological polar surface area (TPSA) is 94.1 Å². The minimum atomic E-state index is -1.11. The number of carbonyl (C=O) groups is 2. The molecule has 0 aromatic heterocycles. The van der Waals surface area contributed by atoms with Gasteiger partial charge in [-0.1, -0.05) is 12.1 Å². The molecule has 2 aliphatic heterocycles. The van der Waals surface area contributed by atoms with E-state index in [1.807, 2.05) is 0 Å². The van der Waals surface area contributed by atoms with Crippen molar-refractivity contribution in [3.8, 4) is 17.2 Å². The molecule has 0 fully saturated rings. The zero-order chi connectivity index (χ0) is 18.8. The second-order valence-corrected chi connectivity index (χ2v) is 6.46. The summed E-state index contributed by atoms with van der Waals surface area (Å²) in [5, 5.41) is 12.2. The number of hydrogen-bond donors (Lipinski definition) is 2. The van der Waals surface area contributed by atoms with E-state index in [9.17, 15) is 14.7 Å². The summed E-state index contributed by atoms with van der Waals surface area (Å²) >= 11 is 0. The molecular formula is C20H19NO6. The number of carboxylic acid groups (broad SMARTS) is 1. The molecule has 0 spiro atoms. The van der Waals surface area contributed by atoms with Gasteiger partial charge in [0.25, 0.3) is 0 Å². The van der Waals surface area contributed by atoms with Crippen molar-refractivity contribution in [1.29, 1.82) is 0 Å². The molecule has 2 aromatic rings. The van der Waals surface area contributed by atoms with Crippen LogP contribution in [0.15, 0.2) is 36.4 Å². The third-order valence-corrected chi connectivity index (χ3v) is 4.57. The van der Waals surface area contributed by atoms with Gasteiger partial charge in [-0.25, -0.2) is 4.79 Å². The minimum absolute atomic E-state index is 0.0501. The van der Waals surface area contributed by atoms with Crippen LogP contribution in [0.25, 0.3) is 0 Å². The van der Waals surface area contributed by atoms with Crippen LogP contribution in [0.4, 0.5) is 0 Å². The highest BCUT2D eigenvalue weighted by molar-refractivity contribution is 5.86. The molecule has 0 radical (unpaired) electrons. The highest BCUT2D eigenvalue weighted by atomic mass is 16.6. The molecule has 2 N–H and O–H groups in total. The predicted molar refractivity (Wildman–Crippen MR) is 95.3 cm³/mol. The smallest absolute Gasteiger partial charge is 0.330 e. The van der Waals surface area contributed by atoms with Gasteiger partial charge >= 0.3 is 5.97 Å². The number of rotatable bonds is 5. The first kappa shape index (κ1) is 17.2. The molecule has 0 saturated carbocycles. The van der Waals surface area contributed by atoms with E-state index in [1.165, 1.54) is 0 Å². The van der Waals surface area contributed by atoms with E-state index in [0.717, 1.165) is 23.3 Å². The van der Waals surface area contributed by atoms with Crippen LogP contribution in [0.2, 0.25) is 0 Å². The van der Waals surface area contributed by atoms with Crippen molar-refractivity contribution in [2.75, 3.05) is 19.8 Å². The summed E-state index contributed by atoms with van der Waals surface area (Å²) in [5.41, 5.74) is 2.21. The fraction of sp³-hybridized carbons (Fsp3) is 0.300. The average molecular weight is 369 g/mol. The van der Waals surface area contributed by atoms with Crippen molar-refractivity contribution in [3.63, 3.8) is 0 Å². The van der Waals surface area contributed by atoms with Gasteiger partial charge in [0.05, 0.1) is 13.0 Å². The van der Waals surface area contributed by atoms with Crippen LogP contribution >= 0.6 is 0 Å². The number of amides is 1. The van der Waals surface area contributed by atoms with Gasteiger partial charge in [0.2, 0.25) is 5.91 Å². The zero-order valence-electron chi connectivity index (χ0n) is 14.6. The Balaban J connectivity index is 1.47. The summed E-state index contributed by atoms with van der Waals surface area (Å²) in [7, 11) is 0. The van der Waals surface area contributed by atoms with Gasteiger partial charge in [0.1, 0.15) is 19.0 Å². The lowest BCUT2D eigenvalue weighted by Crippen LogP contribution is -2.34. The summed E-state index contributed by atoms with van der Waals surface area (Å²) < 4.78 is 16.4. The Morgan fingerprint density at radius 3 is 2.52 bits per heavy atom. The number of ether oxygens (including phenoxy) is 3. The lowest BCUT2D eigenvalue weighted by molar-refractivity contribution is -0.141. The van der Waals surface area contributed by atoms with Crippen molar-refractivity contribution in [1.82, 2.24) is 5.32 Å². The van der Waals surface area contributed by atoms with Crippen LogP contribution in [0.1, 0.15) is 22.7 Å². The largest absolute Gasteiger partial charge is 0.493 e. The fourth-order valence-corrected chi connectivity index (χ4v) is 3.27. The van der Waals surface area contributed by atoms with E-state index in [-0.39, 0.29) is 12.3 Å². The predicted octanol–water partition coefficient (Wildman–Crippen LogP) is 1.88. The second kappa shape index (κ2) is 7.19. The molecule has 7 heteroatoms. The molecule has 0 bridgehead atoms. The van der Waals surface area contributed by atoms with Gasteiger partial charge in [-0.2, -0.15) is 0 Å². The molecule has 1 amide bonds. The summed E-state index contributed by atoms with van der Waals surface area (Å²) in [4.78, 5) is 24.1. The van der Waals surface area contributed by atoms with Gasteiger partial charge in [-0.05, 0) is 41.0 Å². The lowest BCUT2D eigenvalue weighted by Gasteiger charge is -2.19. The lowest BCUT2D eigenvalue weighted by atomic mass is 10.0. The SMILES string of the molecule is O=C(Cc1ccc2c(c1)OCCO2)NC(C(=O)O)c1ccc2c(c1)CCO2. The summed E-state index contributed by atoms with van der Waals surface area (Å²) in [6, 6.07) is 9.37. The number of fused-ring (bicyclic) bond motifs is 2. The van der Waals surface area contributed by atoms with Crippen LogP contribution in [-0.4, -0.2) is 36.8 Å². The average Bonchev–Trinajstić information content (AvgIpc) is 3.13. The Labute approximate surface area is 155 Å². The molecule has 1 unspecified atom stereocenters. The fourth-order valence-electron chi connectivity index (χ4n) is 3.27. The third kappa shape index (κ3) is 3.67. The van der Waals surface area contributed by atoms with E-state index < -0.39 is 12.0 Å². The number of nitrogens with one attached hydrogen (secondary N) is 1. The van der Waals surface area contributed by atoms with Crippen molar-refractivity contribution < 1.29 is 28.9 Å². The molecule has 1 atom stereocenters. The number of aliphatic carboxylic acids is 1. The Morgan fingerprint density at radius 2 is 1.70 bits per heavy atom. The van der Waals surface area contributed by atoms with Gasteiger partial charge in [0, 0.05) is 6.42 Å². The van der Waals surface area contributed by atoms with Crippen LogP contribution in [0, 0.1) is 0 Å². The normalized spacial score (nSPS) is 15.4. The van der Waals surface area contributed by atoms with Gasteiger partial charge in [-0.3, -0.25) is 4.79 Å². The Kier molecular flexibility index (Phi) is 4.58. The standard InChI is InChI=1S/C20H19NO6/c22-18(10-12-1-3-16-17(9-12)27-8-7-26-16)21-19(20(23)24)14-2-4-15-13(11-14)5-6-25-15/h1-4,9,11,19H,5-8,10H2,(H,21,22)(H,23,24). The molecule has 0 aliphatic carbocycles. The van der Waals surface area contributed by atoms with Gasteiger partial charge in [0.15, 0.2) is 17.5 Å². The molecule has 7 nitrogen and oxygen atoms in total. The molecule has 140 valence electrons. The highest BCUT2D eigenvalue weighted by Gasteiger charge is 2.24. The quantitative estimate of drug-likeness (QED) is 0.836. The van der Waals surface area contributed by atoms with Crippen molar-refractivity contribution in [2.45, 2.75) is 18.9 Å². The number of carbonyl (C=O) groups excluding carboxylic acids is 1. The van der Waals surface area contributed by atoms with Crippen LogP contribution in [-0.2, 0) is 22.4 Å². The molecule has 2 aliphatic rings. The monoisotopic (exact) mass is 369 g/mol.